The third-order valence-electron chi connectivity index (χ3n) is 2.19. The van der Waals surface area contributed by atoms with Gasteiger partial charge in [-0.1, -0.05) is 6.07 Å². The molecule has 0 fully saturated rings. The molecule has 0 amide bonds. The first-order chi connectivity index (χ1) is 8.04. The molecule has 0 spiro atoms. The van der Waals surface area contributed by atoms with Crippen molar-refractivity contribution in [2.45, 2.75) is 5.75 Å². The number of pyridine rings is 2. The van der Waals surface area contributed by atoms with Gasteiger partial charge in [-0.3, -0.25) is 9.97 Å². The molecule has 5 heteroatoms. The first-order valence-electron chi connectivity index (χ1n) is 5.09. The van der Waals surface area contributed by atoms with Crippen LogP contribution in [-0.4, -0.2) is 24.6 Å². The van der Waals surface area contributed by atoms with Gasteiger partial charge in [0, 0.05) is 24.2 Å². The Hall–Kier alpha value is -1.75. The molecule has 0 N–H and O–H groups in total. The molecule has 2 aromatic rings. The van der Waals surface area contributed by atoms with Crippen molar-refractivity contribution in [1.82, 2.24) is 9.97 Å². The van der Waals surface area contributed by atoms with Crippen LogP contribution in [-0.2, 0) is 15.6 Å². The van der Waals surface area contributed by atoms with Crippen LogP contribution in [0.2, 0.25) is 0 Å². The van der Waals surface area contributed by atoms with Gasteiger partial charge in [0.05, 0.1) is 17.1 Å². The highest BCUT2D eigenvalue weighted by Crippen LogP contribution is 2.16. The van der Waals surface area contributed by atoms with Gasteiger partial charge in [0.15, 0.2) is 9.84 Å². The van der Waals surface area contributed by atoms with Gasteiger partial charge in [-0.2, -0.15) is 0 Å². The molecule has 0 saturated heterocycles. The highest BCUT2D eigenvalue weighted by atomic mass is 32.2. The Balaban J connectivity index is 2.36. The summed E-state index contributed by atoms with van der Waals surface area (Å²) < 4.78 is 22.4. The first-order valence-corrected chi connectivity index (χ1v) is 7.15. The van der Waals surface area contributed by atoms with Gasteiger partial charge < -0.3 is 0 Å². The molecule has 2 aromatic heterocycles. The summed E-state index contributed by atoms with van der Waals surface area (Å²) in [6, 6.07) is 9.05. The van der Waals surface area contributed by atoms with Crippen molar-refractivity contribution >= 4 is 9.84 Å². The van der Waals surface area contributed by atoms with E-state index in [0.29, 0.717) is 5.69 Å². The van der Waals surface area contributed by atoms with Crippen molar-refractivity contribution in [2.24, 2.45) is 0 Å². The van der Waals surface area contributed by atoms with E-state index < -0.39 is 9.84 Å². The summed E-state index contributed by atoms with van der Waals surface area (Å²) in [6.07, 6.45) is 4.56. The summed E-state index contributed by atoms with van der Waals surface area (Å²) in [5, 5.41) is 0. The number of hydrogen-bond acceptors (Lipinski definition) is 4. The average Bonchev–Trinajstić information content (AvgIpc) is 2.28. The summed E-state index contributed by atoms with van der Waals surface area (Å²) in [5.41, 5.74) is 2.24. The first kappa shape index (κ1) is 11.7. The fourth-order valence-corrected chi connectivity index (χ4v) is 2.21. The highest BCUT2D eigenvalue weighted by molar-refractivity contribution is 7.89. The van der Waals surface area contributed by atoms with Crippen LogP contribution in [0.3, 0.4) is 0 Å². The SMILES string of the molecule is CS(=O)(=O)Cc1cccc(-c2ccncc2)n1. The second-order valence-corrected chi connectivity index (χ2v) is 5.96. The van der Waals surface area contributed by atoms with E-state index in [0.717, 1.165) is 11.3 Å². The van der Waals surface area contributed by atoms with E-state index >= 15 is 0 Å². The monoisotopic (exact) mass is 248 g/mol. The Morgan fingerprint density at radius 2 is 1.82 bits per heavy atom. The van der Waals surface area contributed by atoms with Crippen molar-refractivity contribution in [3.05, 3.63) is 48.4 Å². The highest BCUT2D eigenvalue weighted by Gasteiger charge is 2.07. The Morgan fingerprint density at radius 3 is 2.47 bits per heavy atom. The van der Waals surface area contributed by atoms with Crippen molar-refractivity contribution in [2.75, 3.05) is 6.26 Å². The smallest absolute Gasteiger partial charge is 0.153 e. The second kappa shape index (κ2) is 4.63. The molecule has 17 heavy (non-hydrogen) atoms. The van der Waals surface area contributed by atoms with E-state index in [1.54, 1.807) is 18.5 Å². The maximum absolute atomic E-state index is 11.2. The third-order valence-corrected chi connectivity index (χ3v) is 3.01. The van der Waals surface area contributed by atoms with Crippen LogP contribution in [0.1, 0.15) is 5.69 Å². The zero-order valence-electron chi connectivity index (χ0n) is 9.37. The van der Waals surface area contributed by atoms with Crippen LogP contribution in [0.25, 0.3) is 11.3 Å². The summed E-state index contributed by atoms with van der Waals surface area (Å²) in [5.74, 6) is -0.0358. The molecule has 88 valence electrons. The second-order valence-electron chi connectivity index (χ2n) is 3.82. The lowest BCUT2D eigenvalue weighted by Gasteiger charge is -2.03. The van der Waals surface area contributed by atoms with Crippen LogP contribution in [0.5, 0.6) is 0 Å². The average molecular weight is 248 g/mol. The molecule has 0 bridgehead atoms. The molecule has 2 heterocycles. The molecule has 4 nitrogen and oxygen atoms in total. The lowest BCUT2D eigenvalue weighted by molar-refractivity contribution is 0.600. The van der Waals surface area contributed by atoms with Gasteiger partial charge in [0.2, 0.25) is 0 Å². The lowest BCUT2D eigenvalue weighted by Crippen LogP contribution is -2.03. The molecule has 0 aliphatic rings. The summed E-state index contributed by atoms with van der Waals surface area (Å²) in [4.78, 5) is 8.25. The summed E-state index contributed by atoms with van der Waals surface area (Å²) >= 11 is 0. The molecular weight excluding hydrogens is 236 g/mol. The van der Waals surface area contributed by atoms with Gasteiger partial charge in [-0.05, 0) is 24.3 Å². The minimum Gasteiger partial charge on any atom is -0.265 e. The largest absolute Gasteiger partial charge is 0.265 e. The molecule has 0 aromatic carbocycles. The van der Waals surface area contributed by atoms with Crippen molar-refractivity contribution in [3.8, 4) is 11.3 Å². The predicted molar refractivity (Wildman–Crippen MR) is 66.0 cm³/mol. The number of rotatable bonds is 3. The lowest BCUT2D eigenvalue weighted by atomic mass is 10.2. The quantitative estimate of drug-likeness (QED) is 0.829. The van der Waals surface area contributed by atoms with Gasteiger partial charge in [0.1, 0.15) is 0 Å². The Labute approximate surface area is 100 Å². The van der Waals surface area contributed by atoms with E-state index in [4.69, 9.17) is 0 Å². The maximum Gasteiger partial charge on any atom is 0.153 e. The number of aromatic nitrogens is 2. The third kappa shape index (κ3) is 3.35. The van der Waals surface area contributed by atoms with Gasteiger partial charge in [-0.25, -0.2) is 8.42 Å². The fraction of sp³-hybridized carbons (Fsp3) is 0.167. The molecule has 2 rings (SSSR count). The van der Waals surface area contributed by atoms with Gasteiger partial charge >= 0.3 is 0 Å². The molecular formula is C12H12N2O2S. The summed E-state index contributed by atoms with van der Waals surface area (Å²) in [7, 11) is -3.05. The van der Waals surface area contributed by atoms with E-state index in [1.807, 2.05) is 24.3 Å². The van der Waals surface area contributed by atoms with Gasteiger partial charge in [0.25, 0.3) is 0 Å². The minimum atomic E-state index is -3.05. The van der Waals surface area contributed by atoms with Crippen LogP contribution in [0.4, 0.5) is 0 Å². The Bertz CT molecular complexity index is 609. The molecule has 0 atom stereocenters. The summed E-state index contributed by atoms with van der Waals surface area (Å²) in [6.45, 7) is 0. The normalized spacial score (nSPS) is 11.4. The van der Waals surface area contributed by atoms with Crippen molar-refractivity contribution in [3.63, 3.8) is 0 Å². The standard InChI is InChI=1S/C12H12N2O2S/c1-17(15,16)9-11-3-2-4-12(14-11)10-5-7-13-8-6-10/h2-8H,9H2,1H3. The topological polar surface area (TPSA) is 59.9 Å². The van der Waals surface area contributed by atoms with Crippen LogP contribution in [0, 0.1) is 0 Å². The van der Waals surface area contributed by atoms with E-state index in [2.05, 4.69) is 9.97 Å². The maximum atomic E-state index is 11.2. The van der Waals surface area contributed by atoms with Crippen molar-refractivity contribution in [1.29, 1.82) is 0 Å². The zero-order chi connectivity index (χ0) is 12.3. The molecule has 0 aliphatic carbocycles. The molecule has 0 saturated carbocycles. The minimum absolute atomic E-state index is 0.0358. The number of nitrogens with zero attached hydrogens (tertiary/aromatic N) is 2. The predicted octanol–water partition coefficient (Wildman–Crippen LogP) is 1.69. The Kier molecular flexibility index (Phi) is 3.19. The Morgan fingerprint density at radius 1 is 1.12 bits per heavy atom. The van der Waals surface area contributed by atoms with Crippen molar-refractivity contribution < 1.29 is 8.42 Å². The van der Waals surface area contributed by atoms with E-state index in [1.165, 1.54) is 6.26 Å². The van der Waals surface area contributed by atoms with Crippen LogP contribution in [0.15, 0.2) is 42.7 Å². The van der Waals surface area contributed by atoms with Crippen LogP contribution < -0.4 is 0 Å². The van der Waals surface area contributed by atoms with Gasteiger partial charge in [-0.15, -0.1) is 0 Å². The van der Waals surface area contributed by atoms with E-state index in [-0.39, 0.29) is 5.75 Å². The molecule has 0 aliphatic heterocycles. The zero-order valence-corrected chi connectivity index (χ0v) is 10.2. The van der Waals surface area contributed by atoms with Crippen LogP contribution >= 0.6 is 0 Å². The number of hydrogen-bond donors (Lipinski definition) is 0. The van der Waals surface area contributed by atoms with E-state index in [9.17, 15) is 8.42 Å². The number of sulfone groups is 1. The fourth-order valence-electron chi connectivity index (χ4n) is 1.51. The molecule has 0 radical (unpaired) electrons. The molecule has 0 unspecified atom stereocenters.